The maximum Gasteiger partial charge on any atom is 0.229 e. The Hall–Kier alpha value is -1.43. The SMILES string of the molecule is CC(=O)c1ccc(NS(C)(=O)=O)c(F)c1. The quantitative estimate of drug-likeness (QED) is 0.800. The van der Waals surface area contributed by atoms with E-state index in [-0.39, 0.29) is 17.0 Å². The van der Waals surface area contributed by atoms with Crippen LogP contribution in [-0.2, 0) is 10.0 Å². The second-order valence-corrected chi connectivity index (χ2v) is 4.87. The van der Waals surface area contributed by atoms with Crippen LogP contribution in [0.25, 0.3) is 0 Å². The highest BCUT2D eigenvalue weighted by atomic mass is 32.2. The summed E-state index contributed by atoms with van der Waals surface area (Å²) >= 11 is 0. The molecule has 0 radical (unpaired) electrons. The number of ketones is 1. The van der Waals surface area contributed by atoms with E-state index in [4.69, 9.17) is 0 Å². The average molecular weight is 231 g/mol. The molecular weight excluding hydrogens is 221 g/mol. The minimum Gasteiger partial charge on any atom is -0.295 e. The molecule has 0 spiro atoms. The molecule has 1 aromatic rings. The van der Waals surface area contributed by atoms with Crippen molar-refractivity contribution in [3.63, 3.8) is 0 Å². The molecular formula is C9H10FNO3S. The zero-order valence-electron chi connectivity index (χ0n) is 8.24. The van der Waals surface area contributed by atoms with Gasteiger partial charge in [0.25, 0.3) is 0 Å². The number of Topliss-reactive ketones (excluding diaryl/α,β-unsaturated/α-hetero) is 1. The molecule has 82 valence electrons. The molecule has 0 amide bonds. The molecule has 0 aromatic heterocycles. The van der Waals surface area contributed by atoms with Gasteiger partial charge in [0, 0.05) is 5.56 Å². The molecule has 4 nitrogen and oxygen atoms in total. The first-order valence-corrected chi connectivity index (χ1v) is 5.97. The van der Waals surface area contributed by atoms with Crippen molar-refractivity contribution in [2.45, 2.75) is 6.92 Å². The molecule has 1 rings (SSSR count). The van der Waals surface area contributed by atoms with E-state index in [9.17, 15) is 17.6 Å². The lowest BCUT2D eigenvalue weighted by Crippen LogP contribution is -2.11. The highest BCUT2D eigenvalue weighted by molar-refractivity contribution is 7.92. The lowest BCUT2D eigenvalue weighted by atomic mass is 10.1. The molecule has 1 aromatic carbocycles. The minimum absolute atomic E-state index is 0.164. The van der Waals surface area contributed by atoms with Gasteiger partial charge in [-0.3, -0.25) is 9.52 Å². The molecule has 6 heteroatoms. The predicted molar refractivity (Wildman–Crippen MR) is 54.9 cm³/mol. The van der Waals surface area contributed by atoms with Crippen molar-refractivity contribution in [3.8, 4) is 0 Å². The normalized spacial score (nSPS) is 11.1. The van der Waals surface area contributed by atoms with Crippen LogP contribution < -0.4 is 4.72 Å². The Morgan fingerprint density at radius 2 is 2.00 bits per heavy atom. The Kier molecular flexibility index (Phi) is 3.09. The monoisotopic (exact) mass is 231 g/mol. The van der Waals surface area contributed by atoms with E-state index in [0.29, 0.717) is 0 Å². The smallest absolute Gasteiger partial charge is 0.229 e. The van der Waals surface area contributed by atoms with Crippen molar-refractivity contribution >= 4 is 21.5 Å². The Morgan fingerprint density at radius 1 is 1.40 bits per heavy atom. The van der Waals surface area contributed by atoms with E-state index in [0.717, 1.165) is 12.3 Å². The number of carbonyl (C=O) groups excluding carboxylic acids is 1. The predicted octanol–water partition coefficient (Wildman–Crippen LogP) is 1.40. The first-order chi connectivity index (χ1) is 6.79. The highest BCUT2D eigenvalue weighted by Gasteiger charge is 2.09. The standard InChI is InChI=1S/C9H10FNO3S/c1-6(12)7-3-4-9(8(10)5-7)11-15(2,13)14/h3-5,11H,1-2H3. The van der Waals surface area contributed by atoms with Crippen LogP contribution in [0, 0.1) is 5.82 Å². The molecule has 0 fully saturated rings. The number of hydrogen-bond acceptors (Lipinski definition) is 3. The molecule has 0 bridgehead atoms. The number of hydrogen-bond donors (Lipinski definition) is 1. The summed E-state index contributed by atoms with van der Waals surface area (Å²) in [5.74, 6) is -1.05. The summed E-state index contributed by atoms with van der Waals surface area (Å²) in [4.78, 5) is 10.9. The van der Waals surface area contributed by atoms with Crippen molar-refractivity contribution in [2.24, 2.45) is 0 Å². The van der Waals surface area contributed by atoms with Crippen LogP contribution in [0.3, 0.4) is 0 Å². The van der Waals surface area contributed by atoms with Crippen LogP contribution >= 0.6 is 0 Å². The number of carbonyl (C=O) groups is 1. The van der Waals surface area contributed by atoms with E-state index in [1.54, 1.807) is 0 Å². The van der Waals surface area contributed by atoms with E-state index in [2.05, 4.69) is 0 Å². The van der Waals surface area contributed by atoms with Gasteiger partial charge in [0.1, 0.15) is 5.82 Å². The molecule has 0 aliphatic heterocycles. The number of anilines is 1. The number of benzene rings is 1. The molecule has 15 heavy (non-hydrogen) atoms. The molecule has 0 aliphatic rings. The summed E-state index contributed by atoms with van der Waals surface area (Å²) in [6.45, 7) is 1.30. The summed E-state index contributed by atoms with van der Waals surface area (Å²) < 4.78 is 36.9. The number of rotatable bonds is 3. The van der Waals surface area contributed by atoms with Crippen LogP contribution in [0.5, 0.6) is 0 Å². The maximum absolute atomic E-state index is 13.3. The van der Waals surface area contributed by atoms with Gasteiger partial charge in [-0.25, -0.2) is 12.8 Å². The van der Waals surface area contributed by atoms with Gasteiger partial charge < -0.3 is 0 Å². The van der Waals surface area contributed by atoms with Gasteiger partial charge in [-0.05, 0) is 25.1 Å². The fraction of sp³-hybridized carbons (Fsp3) is 0.222. The fourth-order valence-electron chi connectivity index (χ4n) is 1.02. The van der Waals surface area contributed by atoms with Gasteiger partial charge in [-0.2, -0.15) is 0 Å². The number of halogens is 1. The Morgan fingerprint density at radius 3 is 2.40 bits per heavy atom. The first-order valence-electron chi connectivity index (χ1n) is 4.08. The zero-order valence-corrected chi connectivity index (χ0v) is 9.06. The minimum atomic E-state index is -3.51. The molecule has 0 aliphatic carbocycles. The van der Waals surface area contributed by atoms with Crippen LogP contribution in [0.2, 0.25) is 0 Å². The van der Waals surface area contributed by atoms with Gasteiger partial charge in [0.2, 0.25) is 10.0 Å². The van der Waals surface area contributed by atoms with Crippen molar-refractivity contribution in [2.75, 3.05) is 11.0 Å². The second kappa shape index (κ2) is 3.98. The van der Waals surface area contributed by atoms with Crippen molar-refractivity contribution in [3.05, 3.63) is 29.6 Å². The fourth-order valence-corrected chi connectivity index (χ4v) is 1.58. The van der Waals surface area contributed by atoms with Crippen LogP contribution in [0.1, 0.15) is 17.3 Å². The molecule has 1 N–H and O–H groups in total. The maximum atomic E-state index is 13.3. The third-order valence-electron chi connectivity index (χ3n) is 1.67. The Bertz CT molecular complexity index is 496. The summed E-state index contributed by atoms with van der Waals surface area (Å²) in [7, 11) is -3.51. The van der Waals surface area contributed by atoms with E-state index in [1.807, 2.05) is 4.72 Å². The average Bonchev–Trinajstić information content (AvgIpc) is 2.05. The van der Waals surface area contributed by atoms with Gasteiger partial charge in [0.15, 0.2) is 5.78 Å². The van der Waals surface area contributed by atoms with Crippen LogP contribution in [-0.4, -0.2) is 20.5 Å². The Labute approximate surface area is 87.2 Å². The molecule has 0 heterocycles. The van der Waals surface area contributed by atoms with Gasteiger partial charge in [-0.15, -0.1) is 0 Å². The van der Waals surface area contributed by atoms with Crippen molar-refractivity contribution in [1.29, 1.82) is 0 Å². The Balaban J connectivity index is 3.09. The summed E-state index contributed by atoms with van der Waals surface area (Å²) in [5, 5.41) is 0. The number of sulfonamides is 1. The van der Waals surface area contributed by atoms with Gasteiger partial charge >= 0.3 is 0 Å². The third kappa shape index (κ3) is 3.32. The topological polar surface area (TPSA) is 63.2 Å². The highest BCUT2D eigenvalue weighted by Crippen LogP contribution is 2.16. The lowest BCUT2D eigenvalue weighted by Gasteiger charge is -2.05. The molecule has 0 saturated carbocycles. The second-order valence-electron chi connectivity index (χ2n) is 3.13. The van der Waals surface area contributed by atoms with E-state index >= 15 is 0 Å². The third-order valence-corrected chi connectivity index (χ3v) is 2.26. The van der Waals surface area contributed by atoms with Crippen molar-refractivity contribution in [1.82, 2.24) is 0 Å². The van der Waals surface area contributed by atoms with Crippen LogP contribution in [0.4, 0.5) is 10.1 Å². The van der Waals surface area contributed by atoms with Crippen molar-refractivity contribution < 1.29 is 17.6 Å². The molecule has 0 unspecified atom stereocenters. The zero-order chi connectivity index (χ0) is 11.6. The lowest BCUT2D eigenvalue weighted by molar-refractivity contribution is 0.101. The first kappa shape index (κ1) is 11.6. The van der Waals surface area contributed by atoms with Gasteiger partial charge in [-0.1, -0.05) is 0 Å². The summed E-state index contributed by atoms with van der Waals surface area (Å²) in [5.41, 5.74) is 0.0362. The van der Waals surface area contributed by atoms with E-state index < -0.39 is 15.8 Å². The summed E-state index contributed by atoms with van der Waals surface area (Å²) in [6, 6.07) is 3.57. The van der Waals surface area contributed by atoms with E-state index in [1.165, 1.54) is 19.1 Å². The largest absolute Gasteiger partial charge is 0.295 e. The summed E-state index contributed by atoms with van der Waals surface area (Å²) in [6.07, 6.45) is 0.922. The number of nitrogens with one attached hydrogen (secondary N) is 1. The molecule has 0 saturated heterocycles. The van der Waals surface area contributed by atoms with Crippen LogP contribution in [0.15, 0.2) is 18.2 Å². The molecule has 0 atom stereocenters. The van der Waals surface area contributed by atoms with Gasteiger partial charge in [0.05, 0.1) is 11.9 Å².